The van der Waals surface area contributed by atoms with Gasteiger partial charge in [0.05, 0.1) is 19.2 Å². The molecule has 0 atom stereocenters. The first-order chi connectivity index (χ1) is 15.1. The Balaban J connectivity index is 1.19. The van der Waals surface area contributed by atoms with E-state index in [0.717, 1.165) is 55.4 Å². The number of benzene rings is 2. The maximum Gasteiger partial charge on any atom is 0.251 e. The smallest absolute Gasteiger partial charge is 0.251 e. The first-order valence-corrected chi connectivity index (χ1v) is 10.6. The van der Waals surface area contributed by atoms with Crippen LogP contribution in [0.15, 0.2) is 54.6 Å². The molecule has 7 nitrogen and oxygen atoms in total. The number of ether oxygens (including phenoxy) is 1. The average molecular weight is 421 g/mol. The standard InChI is InChI=1S/C24H28N4O3/c1-31-22-7-3-2-6-21(22)28-14-12-27(13-15-28)11-5-4-10-25-24(30)19-9-8-18-17-23(29)26-20(18)16-19/h2-9,16H,10-15,17H2,1H3,(H,25,30)(H,26,29)/b5-4+. The minimum Gasteiger partial charge on any atom is -0.495 e. The van der Waals surface area contributed by atoms with E-state index in [1.165, 1.54) is 0 Å². The first-order valence-electron chi connectivity index (χ1n) is 10.6. The highest BCUT2D eigenvalue weighted by molar-refractivity contribution is 6.02. The van der Waals surface area contributed by atoms with Crippen molar-refractivity contribution in [1.29, 1.82) is 0 Å². The fourth-order valence-electron chi connectivity index (χ4n) is 3.98. The van der Waals surface area contributed by atoms with E-state index in [1.54, 1.807) is 19.2 Å². The molecule has 2 aliphatic rings. The lowest BCUT2D eigenvalue weighted by Gasteiger charge is -2.36. The molecule has 2 N–H and O–H groups in total. The minimum absolute atomic E-state index is 0.0285. The molecule has 2 heterocycles. The van der Waals surface area contributed by atoms with Crippen molar-refractivity contribution in [2.75, 3.05) is 56.6 Å². The summed E-state index contributed by atoms with van der Waals surface area (Å²) in [6.07, 6.45) is 4.47. The van der Waals surface area contributed by atoms with Gasteiger partial charge in [-0.15, -0.1) is 0 Å². The number of piperazine rings is 1. The number of nitrogens with one attached hydrogen (secondary N) is 2. The van der Waals surface area contributed by atoms with Crippen LogP contribution in [-0.2, 0) is 11.2 Å². The van der Waals surface area contributed by atoms with Gasteiger partial charge in [-0.1, -0.05) is 30.4 Å². The Bertz CT molecular complexity index is 981. The van der Waals surface area contributed by atoms with Gasteiger partial charge in [0.15, 0.2) is 0 Å². The molecule has 0 unspecified atom stereocenters. The third kappa shape index (κ3) is 5.06. The molecule has 1 fully saturated rings. The monoisotopic (exact) mass is 420 g/mol. The second-order valence-electron chi connectivity index (χ2n) is 7.74. The van der Waals surface area contributed by atoms with Crippen LogP contribution < -0.4 is 20.3 Å². The lowest BCUT2D eigenvalue weighted by Crippen LogP contribution is -2.46. The number of fused-ring (bicyclic) bond motifs is 1. The van der Waals surface area contributed by atoms with Crippen LogP contribution in [0.25, 0.3) is 0 Å². The summed E-state index contributed by atoms with van der Waals surface area (Å²) in [5.74, 6) is 0.746. The van der Waals surface area contributed by atoms with Gasteiger partial charge in [0, 0.05) is 50.5 Å². The Kier molecular flexibility index (Phi) is 6.52. The molecule has 0 bridgehead atoms. The van der Waals surface area contributed by atoms with Gasteiger partial charge in [0.1, 0.15) is 5.75 Å². The van der Waals surface area contributed by atoms with Crippen LogP contribution in [0, 0.1) is 0 Å². The summed E-state index contributed by atoms with van der Waals surface area (Å²) in [6, 6.07) is 13.5. The number of carbonyl (C=O) groups is 2. The van der Waals surface area contributed by atoms with Gasteiger partial charge in [-0.2, -0.15) is 0 Å². The molecule has 0 radical (unpaired) electrons. The quantitative estimate of drug-likeness (QED) is 0.673. The zero-order valence-corrected chi connectivity index (χ0v) is 17.8. The predicted octanol–water partition coefficient (Wildman–Crippen LogP) is 2.30. The summed E-state index contributed by atoms with van der Waals surface area (Å²) in [6.45, 7) is 5.22. The molecule has 0 spiro atoms. The van der Waals surface area contributed by atoms with Crippen LogP contribution in [0.4, 0.5) is 11.4 Å². The van der Waals surface area contributed by atoms with Crippen molar-refractivity contribution < 1.29 is 14.3 Å². The maximum absolute atomic E-state index is 12.3. The highest BCUT2D eigenvalue weighted by atomic mass is 16.5. The Morgan fingerprint density at radius 2 is 1.94 bits per heavy atom. The molecule has 2 aromatic carbocycles. The van der Waals surface area contributed by atoms with Crippen LogP contribution in [0.1, 0.15) is 15.9 Å². The predicted molar refractivity (Wildman–Crippen MR) is 122 cm³/mol. The second kappa shape index (κ2) is 9.66. The highest BCUT2D eigenvalue weighted by Gasteiger charge is 2.19. The van der Waals surface area contributed by atoms with Crippen molar-refractivity contribution in [3.8, 4) is 5.75 Å². The summed E-state index contributed by atoms with van der Waals surface area (Å²) in [7, 11) is 1.71. The van der Waals surface area contributed by atoms with E-state index in [-0.39, 0.29) is 11.8 Å². The topological polar surface area (TPSA) is 73.9 Å². The summed E-state index contributed by atoms with van der Waals surface area (Å²) in [5, 5.41) is 5.68. The van der Waals surface area contributed by atoms with Crippen molar-refractivity contribution in [3.63, 3.8) is 0 Å². The Morgan fingerprint density at radius 1 is 1.13 bits per heavy atom. The Labute approximate surface area is 182 Å². The van der Waals surface area contributed by atoms with Gasteiger partial charge in [-0.25, -0.2) is 0 Å². The minimum atomic E-state index is -0.140. The molecule has 162 valence electrons. The number of amides is 2. The van der Waals surface area contributed by atoms with Gasteiger partial charge >= 0.3 is 0 Å². The molecule has 31 heavy (non-hydrogen) atoms. The largest absolute Gasteiger partial charge is 0.495 e. The molecule has 2 aliphatic heterocycles. The Hall–Kier alpha value is -3.32. The van der Waals surface area contributed by atoms with E-state index in [2.05, 4.69) is 32.6 Å². The Morgan fingerprint density at radius 3 is 2.74 bits per heavy atom. The van der Waals surface area contributed by atoms with E-state index < -0.39 is 0 Å². The summed E-state index contributed by atoms with van der Waals surface area (Å²) >= 11 is 0. The average Bonchev–Trinajstić information content (AvgIpc) is 3.18. The zero-order chi connectivity index (χ0) is 21.6. The number of methoxy groups -OCH3 is 1. The molecule has 2 aromatic rings. The third-order valence-electron chi connectivity index (χ3n) is 5.71. The molecule has 1 saturated heterocycles. The summed E-state index contributed by atoms with van der Waals surface area (Å²) in [4.78, 5) is 28.5. The maximum atomic E-state index is 12.3. The number of anilines is 2. The molecule has 0 aromatic heterocycles. The van der Waals surface area contributed by atoms with Crippen LogP contribution in [-0.4, -0.2) is 63.1 Å². The fourth-order valence-corrected chi connectivity index (χ4v) is 3.98. The number of nitrogens with zero attached hydrogens (tertiary/aromatic N) is 2. The molecular weight excluding hydrogens is 392 g/mol. The lowest BCUT2D eigenvalue weighted by atomic mass is 10.1. The molecule has 7 heteroatoms. The molecule has 2 amide bonds. The van der Waals surface area contributed by atoms with Crippen LogP contribution in [0.5, 0.6) is 5.75 Å². The molecular formula is C24H28N4O3. The van der Waals surface area contributed by atoms with Gasteiger partial charge in [-0.3, -0.25) is 14.5 Å². The number of carbonyl (C=O) groups excluding carboxylic acids is 2. The summed E-state index contributed by atoms with van der Waals surface area (Å²) < 4.78 is 5.48. The van der Waals surface area contributed by atoms with Crippen LogP contribution >= 0.6 is 0 Å². The number of hydrogen-bond donors (Lipinski definition) is 2. The van der Waals surface area contributed by atoms with E-state index in [9.17, 15) is 9.59 Å². The van der Waals surface area contributed by atoms with Crippen molar-refractivity contribution >= 4 is 23.2 Å². The number of hydrogen-bond acceptors (Lipinski definition) is 5. The van der Waals surface area contributed by atoms with Gasteiger partial charge in [-0.05, 0) is 29.8 Å². The van der Waals surface area contributed by atoms with E-state index in [1.807, 2.05) is 30.3 Å². The van der Waals surface area contributed by atoms with Gasteiger partial charge < -0.3 is 20.3 Å². The normalized spacial score (nSPS) is 16.3. The third-order valence-corrected chi connectivity index (χ3v) is 5.71. The summed E-state index contributed by atoms with van der Waals surface area (Å²) in [5.41, 5.74) is 3.38. The van der Waals surface area contributed by atoms with Crippen molar-refractivity contribution in [2.45, 2.75) is 6.42 Å². The molecule has 0 saturated carbocycles. The zero-order valence-electron chi connectivity index (χ0n) is 17.8. The molecule has 4 rings (SSSR count). The number of rotatable bonds is 7. The van der Waals surface area contributed by atoms with Gasteiger partial charge in [0.25, 0.3) is 5.91 Å². The SMILES string of the molecule is COc1ccccc1N1CCN(C/C=C/CNC(=O)c2ccc3c(c2)NC(=O)C3)CC1. The van der Waals surface area contributed by atoms with Crippen molar-refractivity contribution in [1.82, 2.24) is 10.2 Å². The fraction of sp³-hybridized carbons (Fsp3) is 0.333. The van der Waals surface area contributed by atoms with E-state index in [0.29, 0.717) is 18.5 Å². The van der Waals surface area contributed by atoms with Crippen LogP contribution in [0.2, 0.25) is 0 Å². The van der Waals surface area contributed by atoms with Crippen LogP contribution in [0.3, 0.4) is 0 Å². The van der Waals surface area contributed by atoms with E-state index >= 15 is 0 Å². The highest BCUT2D eigenvalue weighted by Crippen LogP contribution is 2.28. The number of para-hydroxylation sites is 2. The molecule has 0 aliphatic carbocycles. The first kappa shape index (κ1) is 20.9. The van der Waals surface area contributed by atoms with Gasteiger partial charge in [0.2, 0.25) is 5.91 Å². The van der Waals surface area contributed by atoms with E-state index in [4.69, 9.17) is 4.74 Å². The second-order valence-corrected chi connectivity index (χ2v) is 7.74. The van der Waals surface area contributed by atoms with Crippen molar-refractivity contribution in [3.05, 3.63) is 65.7 Å². The van der Waals surface area contributed by atoms with Crippen molar-refractivity contribution in [2.24, 2.45) is 0 Å². The lowest BCUT2D eigenvalue weighted by molar-refractivity contribution is -0.115.